The highest BCUT2D eigenvalue weighted by Gasteiger charge is 2.17. The quantitative estimate of drug-likeness (QED) is 0.694. The summed E-state index contributed by atoms with van der Waals surface area (Å²) in [5.41, 5.74) is 1.36. The fourth-order valence-electron chi connectivity index (χ4n) is 1.80. The second-order valence-corrected chi connectivity index (χ2v) is 4.07. The minimum Gasteiger partial charge on any atom is -0.365 e. The molecule has 0 aromatic carbocycles. The Balaban J connectivity index is 2.15. The van der Waals surface area contributed by atoms with Crippen LogP contribution in [0, 0.1) is 12.7 Å². The number of pyridine rings is 1. The van der Waals surface area contributed by atoms with Crippen LogP contribution < -0.4 is 4.90 Å². The predicted molar refractivity (Wildman–Crippen MR) is 58.6 cm³/mol. The maximum absolute atomic E-state index is 13.6. The summed E-state index contributed by atoms with van der Waals surface area (Å²) in [6, 6.07) is 1.49. The average Bonchev–Trinajstić information content (AvgIpc) is 2.20. The van der Waals surface area contributed by atoms with Crippen LogP contribution in [-0.2, 0) is 0 Å². The lowest BCUT2D eigenvalue weighted by Gasteiger charge is -2.33. The molecule has 1 aromatic rings. The number of piperazine rings is 1. The Morgan fingerprint density at radius 1 is 1.27 bits per heavy atom. The Labute approximate surface area is 89.5 Å². The first kappa shape index (κ1) is 10.4. The lowest BCUT2D eigenvalue weighted by molar-refractivity contribution is 0.311. The van der Waals surface area contributed by atoms with E-state index in [-0.39, 0.29) is 5.82 Å². The van der Waals surface area contributed by atoms with Crippen molar-refractivity contribution in [3.8, 4) is 0 Å². The van der Waals surface area contributed by atoms with Crippen LogP contribution in [0.15, 0.2) is 12.3 Å². The zero-order chi connectivity index (χ0) is 10.8. The highest BCUT2D eigenvalue weighted by molar-refractivity contribution is 5.46. The van der Waals surface area contributed by atoms with Crippen molar-refractivity contribution in [1.29, 1.82) is 0 Å². The van der Waals surface area contributed by atoms with E-state index in [1.165, 1.54) is 6.07 Å². The van der Waals surface area contributed by atoms with E-state index < -0.39 is 0 Å². The monoisotopic (exact) mass is 209 g/mol. The molecule has 0 radical (unpaired) electrons. The first-order valence-corrected chi connectivity index (χ1v) is 5.22. The van der Waals surface area contributed by atoms with Crippen LogP contribution in [0.2, 0.25) is 0 Å². The standard InChI is InChI=1S/C11H16FN3/c1-9-7-10(12)11(8-13-9)15-5-3-14(2)4-6-15/h7-8H,3-6H2,1-2H3. The Hall–Kier alpha value is -1.16. The molecular weight excluding hydrogens is 193 g/mol. The smallest absolute Gasteiger partial charge is 0.149 e. The van der Waals surface area contributed by atoms with Gasteiger partial charge in [-0.05, 0) is 20.0 Å². The summed E-state index contributed by atoms with van der Waals surface area (Å²) >= 11 is 0. The van der Waals surface area contributed by atoms with Crippen molar-refractivity contribution in [2.24, 2.45) is 0 Å². The largest absolute Gasteiger partial charge is 0.365 e. The van der Waals surface area contributed by atoms with Gasteiger partial charge in [0.15, 0.2) is 0 Å². The fraction of sp³-hybridized carbons (Fsp3) is 0.545. The molecule has 0 bridgehead atoms. The number of aryl methyl sites for hydroxylation is 1. The van der Waals surface area contributed by atoms with Gasteiger partial charge in [0.05, 0.1) is 11.9 Å². The van der Waals surface area contributed by atoms with E-state index >= 15 is 0 Å². The molecule has 4 heteroatoms. The summed E-state index contributed by atoms with van der Waals surface area (Å²) in [6.07, 6.45) is 1.63. The van der Waals surface area contributed by atoms with Crippen molar-refractivity contribution in [2.75, 3.05) is 38.1 Å². The SMILES string of the molecule is Cc1cc(F)c(N2CCN(C)CC2)cn1. The molecule has 0 spiro atoms. The topological polar surface area (TPSA) is 19.4 Å². The van der Waals surface area contributed by atoms with Gasteiger partial charge >= 0.3 is 0 Å². The molecular formula is C11H16FN3. The van der Waals surface area contributed by atoms with Crippen molar-refractivity contribution in [1.82, 2.24) is 9.88 Å². The molecule has 2 heterocycles. The van der Waals surface area contributed by atoms with Gasteiger partial charge in [0.1, 0.15) is 5.82 Å². The van der Waals surface area contributed by atoms with Gasteiger partial charge in [0.2, 0.25) is 0 Å². The summed E-state index contributed by atoms with van der Waals surface area (Å²) in [6.45, 7) is 5.51. The Morgan fingerprint density at radius 2 is 1.93 bits per heavy atom. The minimum absolute atomic E-state index is 0.160. The molecule has 1 aromatic heterocycles. The molecule has 0 saturated carbocycles. The van der Waals surface area contributed by atoms with Gasteiger partial charge < -0.3 is 9.80 Å². The normalized spacial score (nSPS) is 18.2. The molecule has 2 rings (SSSR count). The first-order valence-electron chi connectivity index (χ1n) is 5.22. The van der Waals surface area contributed by atoms with Crippen molar-refractivity contribution < 1.29 is 4.39 Å². The maximum atomic E-state index is 13.6. The number of hydrogen-bond acceptors (Lipinski definition) is 3. The lowest BCUT2D eigenvalue weighted by Crippen LogP contribution is -2.44. The highest BCUT2D eigenvalue weighted by atomic mass is 19.1. The number of nitrogens with zero attached hydrogens (tertiary/aromatic N) is 3. The molecule has 3 nitrogen and oxygen atoms in total. The summed E-state index contributed by atoms with van der Waals surface area (Å²) in [7, 11) is 2.08. The van der Waals surface area contributed by atoms with E-state index in [4.69, 9.17) is 0 Å². The zero-order valence-corrected chi connectivity index (χ0v) is 9.20. The number of likely N-dealkylation sites (N-methyl/N-ethyl adjacent to an activating group) is 1. The third-order valence-electron chi connectivity index (χ3n) is 2.81. The molecule has 0 aliphatic carbocycles. The number of hydrogen-bond donors (Lipinski definition) is 0. The molecule has 0 amide bonds. The van der Waals surface area contributed by atoms with Crippen molar-refractivity contribution in [2.45, 2.75) is 6.92 Å². The molecule has 0 atom stereocenters. The van der Waals surface area contributed by atoms with E-state index in [0.29, 0.717) is 5.69 Å². The minimum atomic E-state index is -0.160. The van der Waals surface area contributed by atoms with Crippen LogP contribution >= 0.6 is 0 Å². The second kappa shape index (κ2) is 4.14. The van der Waals surface area contributed by atoms with Crippen molar-refractivity contribution >= 4 is 5.69 Å². The lowest BCUT2D eigenvalue weighted by atomic mass is 10.2. The van der Waals surface area contributed by atoms with Gasteiger partial charge in [0, 0.05) is 31.9 Å². The van der Waals surface area contributed by atoms with Gasteiger partial charge in [-0.3, -0.25) is 4.98 Å². The molecule has 82 valence electrons. The van der Waals surface area contributed by atoms with E-state index in [0.717, 1.165) is 31.9 Å². The van der Waals surface area contributed by atoms with Gasteiger partial charge in [-0.2, -0.15) is 0 Å². The maximum Gasteiger partial charge on any atom is 0.149 e. The predicted octanol–water partition coefficient (Wildman–Crippen LogP) is 1.28. The Morgan fingerprint density at radius 3 is 2.53 bits per heavy atom. The van der Waals surface area contributed by atoms with Gasteiger partial charge in [-0.1, -0.05) is 0 Å². The summed E-state index contributed by atoms with van der Waals surface area (Å²) in [4.78, 5) is 8.44. The van der Waals surface area contributed by atoms with Gasteiger partial charge in [-0.25, -0.2) is 4.39 Å². The van der Waals surface area contributed by atoms with Crippen molar-refractivity contribution in [3.63, 3.8) is 0 Å². The Kier molecular flexibility index (Phi) is 2.86. The summed E-state index contributed by atoms with van der Waals surface area (Å²) in [5.74, 6) is -0.160. The number of rotatable bonds is 1. The molecule has 1 fully saturated rings. The highest BCUT2D eigenvalue weighted by Crippen LogP contribution is 2.19. The third-order valence-corrected chi connectivity index (χ3v) is 2.81. The van der Waals surface area contributed by atoms with E-state index in [9.17, 15) is 4.39 Å². The first-order chi connectivity index (χ1) is 7.16. The van der Waals surface area contributed by atoms with E-state index in [1.54, 1.807) is 13.1 Å². The summed E-state index contributed by atoms with van der Waals surface area (Å²) in [5, 5.41) is 0. The van der Waals surface area contributed by atoms with Crippen LogP contribution in [0.4, 0.5) is 10.1 Å². The fourth-order valence-corrected chi connectivity index (χ4v) is 1.80. The van der Waals surface area contributed by atoms with E-state index in [2.05, 4.69) is 21.8 Å². The van der Waals surface area contributed by atoms with Crippen LogP contribution in [0.1, 0.15) is 5.69 Å². The zero-order valence-electron chi connectivity index (χ0n) is 9.20. The van der Waals surface area contributed by atoms with E-state index in [1.807, 2.05) is 0 Å². The summed E-state index contributed by atoms with van der Waals surface area (Å²) < 4.78 is 13.6. The average molecular weight is 209 g/mol. The number of anilines is 1. The Bertz CT molecular complexity index is 346. The number of aromatic nitrogens is 1. The van der Waals surface area contributed by atoms with Gasteiger partial charge in [-0.15, -0.1) is 0 Å². The molecule has 1 saturated heterocycles. The second-order valence-electron chi connectivity index (χ2n) is 4.07. The molecule has 1 aliphatic rings. The van der Waals surface area contributed by atoms with Crippen LogP contribution in [0.3, 0.4) is 0 Å². The van der Waals surface area contributed by atoms with Crippen molar-refractivity contribution in [3.05, 3.63) is 23.8 Å². The third kappa shape index (κ3) is 2.26. The number of halogens is 1. The van der Waals surface area contributed by atoms with Crippen LogP contribution in [-0.4, -0.2) is 43.1 Å². The van der Waals surface area contributed by atoms with Crippen LogP contribution in [0.5, 0.6) is 0 Å². The van der Waals surface area contributed by atoms with Crippen LogP contribution in [0.25, 0.3) is 0 Å². The molecule has 0 unspecified atom stereocenters. The molecule has 15 heavy (non-hydrogen) atoms. The van der Waals surface area contributed by atoms with Gasteiger partial charge in [0.25, 0.3) is 0 Å². The molecule has 0 N–H and O–H groups in total. The molecule has 1 aliphatic heterocycles.